The Kier molecular flexibility index (Phi) is 6.20. The van der Waals surface area contributed by atoms with Crippen molar-refractivity contribution in [3.8, 4) is 12.3 Å². The minimum atomic E-state index is 1.50. The molecule has 0 spiro atoms. The van der Waals surface area contributed by atoms with Crippen LogP contribution in [0.25, 0.3) is 0 Å². The van der Waals surface area contributed by atoms with Crippen molar-refractivity contribution in [3.05, 3.63) is 0 Å². The maximum atomic E-state index is 4.60. The Morgan fingerprint density at radius 1 is 1.00 bits per heavy atom. The van der Waals surface area contributed by atoms with Crippen LogP contribution in [0.15, 0.2) is 0 Å². The van der Waals surface area contributed by atoms with Crippen molar-refractivity contribution in [1.82, 2.24) is 0 Å². The van der Waals surface area contributed by atoms with Gasteiger partial charge in [-0.05, 0) is 6.92 Å². The van der Waals surface area contributed by atoms with Crippen molar-refractivity contribution in [2.45, 2.75) is 39.0 Å². The molecule has 0 amide bonds. The average molecular weight is 110 g/mol. The van der Waals surface area contributed by atoms with Crippen molar-refractivity contribution >= 4 is 0 Å². The zero-order chi connectivity index (χ0) is 6.24. The van der Waals surface area contributed by atoms with E-state index in [-0.39, 0.29) is 0 Å². The molecule has 1 aliphatic carbocycles. The van der Waals surface area contributed by atoms with E-state index in [4.69, 9.17) is 0 Å². The van der Waals surface area contributed by atoms with Crippen LogP contribution in [0.2, 0.25) is 0 Å². The van der Waals surface area contributed by atoms with Gasteiger partial charge in [0.15, 0.2) is 0 Å². The first-order valence-electron chi connectivity index (χ1n) is 3.29. The Morgan fingerprint density at radius 2 is 1.12 bits per heavy atom. The lowest BCUT2D eigenvalue weighted by atomic mass is 10.4. The van der Waals surface area contributed by atoms with Crippen LogP contribution in [0.5, 0.6) is 0 Å². The minimum Gasteiger partial charge on any atom is -0.120 e. The van der Waals surface area contributed by atoms with Crippen molar-refractivity contribution in [2.24, 2.45) is 0 Å². The van der Waals surface area contributed by atoms with E-state index >= 15 is 0 Å². The Hall–Kier alpha value is -0.440. The lowest BCUT2D eigenvalue weighted by molar-refractivity contribution is 0.886. The third kappa shape index (κ3) is 5.56. The molecule has 1 aliphatic rings. The molecule has 0 bridgehead atoms. The van der Waals surface area contributed by atoms with Crippen LogP contribution >= 0.6 is 0 Å². The predicted octanol–water partition coefficient (Wildman–Crippen LogP) is 2.59. The van der Waals surface area contributed by atoms with E-state index in [1.54, 1.807) is 6.92 Å². The topological polar surface area (TPSA) is 0 Å². The van der Waals surface area contributed by atoms with E-state index in [0.29, 0.717) is 0 Å². The minimum absolute atomic E-state index is 1.50. The van der Waals surface area contributed by atoms with Crippen LogP contribution in [0.3, 0.4) is 0 Å². The molecular formula is C8H14. The first-order chi connectivity index (χ1) is 3.91. The van der Waals surface area contributed by atoms with Crippen molar-refractivity contribution in [1.29, 1.82) is 0 Å². The van der Waals surface area contributed by atoms with Gasteiger partial charge in [-0.15, -0.1) is 12.3 Å². The maximum absolute atomic E-state index is 4.60. The maximum Gasteiger partial charge on any atom is -0.00297 e. The number of rotatable bonds is 0. The van der Waals surface area contributed by atoms with E-state index in [1.807, 2.05) is 0 Å². The average Bonchev–Trinajstić information content (AvgIpc) is 2.17. The highest BCUT2D eigenvalue weighted by Gasteiger charge is 1.95. The van der Waals surface area contributed by atoms with Gasteiger partial charge >= 0.3 is 0 Å². The molecule has 1 rings (SSSR count). The predicted molar refractivity (Wildman–Crippen MR) is 37.6 cm³/mol. The van der Waals surface area contributed by atoms with Gasteiger partial charge in [-0.1, -0.05) is 32.1 Å². The molecule has 0 unspecified atom stereocenters. The van der Waals surface area contributed by atoms with E-state index in [0.717, 1.165) is 0 Å². The van der Waals surface area contributed by atoms with Crippen LogP contribution in [-0.4, -0.2) is 0 Å². The molecule has 0 aromatic carbocycles. The summed E-state index contributed by atoms with van der Waals surface area (Å²) in [5, 5.41) is 0. The van der Waals surface area contributed by atoms with E-state index in [1.165, 1.54) is 32.1 Å². The van der Waals surface area contributed by atoms with Gasteiger partial charge in [0.2, 0.25) is 0 Å². The van der Waals surface area contributed by atoms with Gasteiger partial charge in [-0.3, -0.25) is 0 Å². The molecule has 0 aromatic heterocycles. The number of hydrogen-bond acceptors (Lipinski definition) is 0. The lowest BCUT2D eigenvalue weighted by Crippen LogP contribution is -1.47. The zero-order valence-corrected chi connectivity index (χ0v) is 5.61. The fourth-order valence-corrected chi connectivity index (χ4v) is 0.884. The van der Waals surface area contributed by atoms with Crippen LogP contribution < -0.4 is 0 Å². The first-order valence-corrected chi connectivity index (χ1v) is 3.29. The summed E-state index contributed by atoms with van der Waals surface area (Å²) >= 11 is 0. The van der Waals surface area contributed by atoms with Gasteiger partial charge in [0.1, 0.15) is 0 Å². The van der Waals surface area contributed by atoms with E-state index in [2.05, 4.69) is 12.3 Å². The molecule has 0 atom stereocenters. The van der Waals surface area contributed by atoms with Crippen molar-refractivity contribution in [3.63, 3.8) is 0 Å². The quantitative estimate of drug-likeness (QED) is 0.420. The Bertz CT molecular complexity index is 55.0. The summed E-state index contributed by atoms with van der Waals surface area (Å²) in [6.45, 7) is 1.65. The lowest BCUT2D eigenvalue weighted by Gasteiger charge is -1.67. The molecule has 1 saturated carbocycles. The first kappa shape index (κ1) is 7.56. The number of hydrogen-bond donors (Lipinski definition) is 0. The summed E-state index contributed by atoms with van der Waals surface area (Å²) in [5.41, 5.74) is 0. The van der Waals surface area contributed by atoms with Gasteiger partial charge in [0, 0.05) is 0 Å². The monoisotopic (exact) mass is 110 g/mol. The van der Waals surface area contributed by atoms with Gasteiger partial charge < -0.3 is 0 Å². The van der Waals surface area contributed by atoms with Crippen molar-refractivity contribution in [2.75, 3.05) is 0 Å². The van der Waals surface area contributed by atoms with Gasteiger partial charge in [0.25, 0.3) is 0 Å². The molecule has 0 N–H and O–H groups in total. The highest BCUT2D eigenvalue weighted by molar-refractivity contribution is 4.73. The molecule has 1 fully saturated rings. The van der Waals surface area contributed by atoms with Crippen LogP contribution in [0, 0.1) is 12.3 Å². The Balaban J connectivity index is 0.000000145. The number of terminal acetylenes is 1. The standard InChI is InChI=1S/C5H10.C3H4/c1-2-4-5-3-1;1-3-2/h1-5H2;1H,2H3. The largest absolute Gasteiger partial charge is 0.120 e. The van der Waals surface area contributed by atoms with Crippen LogP contribution in [0.1, 0.15) is 39.0 Å². The summed E-state index contributed by atoms with van der Waals surface area (Å²) in [5.74, 6) is 2.25. The van der Waals surface area contributed by atoms with Crippen molar-refractivity contribution < 1.29 is 0 Å². The molecule has 8 heavy (non-hydrogen) atoms. The fourth-order valence-electron chi connectivity index (χ4n) is 0.884. The summed E-state index contributed by atoms with van der Waals surface area (Å²) in [6.07, 6.45) is 12.1. The van der Waals surface area contributed by atoms with E-state index < -0.39 is 0 Å². The summed E-state index contributed by atoms with van der Waals surface area (Å²) in [6, 6.07) is 0. The molecule has 0 saturated heterocycles. The van der Waals surface area contributed by atoms with E-state index in [9.17, 15) is 0 Å². The molecule has 0 aromatic rings. The molecule has 0 heteroatoms. The molecule has 46 valence electrons. The van der Waals surface area contributed by atoms with Crippen LogP contribution in [-0.2, 0) is 0 Å². The zero-order valence-electron chi connectivity index (χ0n) is 5.61. The Labute approximate surface area is 52.3 Å². The molecule has 0 aliphatic heterocycles. The summed E-state index contributed by atoms with van der Waals surface area (Å²) in [4.78, 5) is 0. The van der Waals surface area contributed by atoms with Gasteiger partial charge in [0.05, 0.1) is 0 Å². The molecule has 0 nitrogen and oxygen atoms in total. The highest BCUT2D eigenvalue weighted by atomic mass is 14.0. The Morgan fingerprint density at radius 3 is 1.25 bits per heavy atom. The molecule has 0 heterocycles. The SMILES string of the molecule is C#CC.C1CCCC1. The van der Waals surface area contributed by atoms with Gasteiger partial charge in [-0.2, -0.15) is 0 Å². The third-order valence-electron chi connectivity index (χ3n) is 1.25. The normalized spacial score (nSPS) is 16.0. The van der Waals surface area contributed by atoms with Crippen LogP contribution in [0.4, 0.5) is 0 Å². The second kappa shape index (κ2) is 6.56. The molecular weight excluding hydrogens is 96.1 g/mol. The fraction of sp³-hybridized carbons (Fsp3) is 0.750. The second-order valence-corrected chi connectivity index (χ2v) is 2.06. The molecule has 0 radical (unpaired) electrons. The summed E-state index contributed by atoms with van der Waals surface area (Å²) in [7, 11) is 0. The second-order valence-electron chi connectivity index (χ2n) is 2.06. The van der Waals surface area contributed by atoms with Gasteiger partial charge in [-0.25, -0.2) is 0 Å². The smallest absolute Gasteiger partial charge is 0.00297 e. The highest BCUT2D eigenvalue weighted by Crippen LogP contribution is 2.15. The third-order valence-corrected chi connectivity index (χ3v) is 1.25. The summed E-state index contributed by atoms with van der Waals surface area (Å²) < 4.78 is 0.